The molecule has 0 fully saturated rings. The van der Waals surface area contributed by atoms with Crippen molar-refractivity contribution in [3.05, 3.63) is 29.3 Å². The Morgan fingerprint density at radius 1 is 1.36 bits per heavy atom. The molecule has 0 aliphatic heterocycles. The van der Waals surface area contributed by atoms with Crippen molar-refractivity contribution >= 4 is 26.6 Å². The molecule has 0 radical (unpaired) electrons. The average Bonchev–Trinajstić information content (AvgIpc) is 2.01. The van der Waals surface area contributed by atoms with Gasteiger partial charge < -0.3 is 4.74 Å². The molecule has 14 heavy (non-hydrogen) atoms. The first kappa shape index (κ1) is 10.9. The van der Waals surface area contributed by atoms with Gasteiger partial charge in [0, 0.05) is 12.5 Å². The van der Waals surface area contributed by atoms with Crippen LogP contribution >= 0.6 is 15.9 Å². The Morgan fingerprint density at radius 3 is 2.43 bits per heavy atom. The van der Waals surface area contributed by atoms with Crippen molar-refractivity contribution in [1.29, 1.82) is 0 Å². The molecule has 0 amide bonds. The molecule has 0 N–H and O–H groups in total. The van der Waals surface area contributed by atoms with Crippen LogP contribution in [-0.4, -0.2) is 10.7 Å². The van der Waals surface area contributed by atoms with Gasteiger partial charge in [-0.15, -0.1) is 0 Å². The van der Waals surface area contributed by atoms with Gasteiger partial charge in [0.15, 0.2) is 0 Å². The fraction of sp³-hybridized carbons (Fsp3) is 0.200. The summed E-state index contributed by atoms with van der Waals surface area (Å²) in [6.07, 6.45) is 0. The first-order valence-electron chi connectivity index (χ1n) is 3.99. The smallest absolute Gasteiger partial charge is 0.308 e. The van der Waals surface area contributed by atoms with Gasteiger partial charge in [-0.25, -0.2) is 0 Å². The van der Waals surface area contributed by atoms with Gasteiger partial charge >= 0.3 is 5.97 Å². The molecule has 0 atom stereocenters. The van der Waals surface area contributed by atoms with Crippen molar-refractivity contribution in [3.8, 4) is 5.75 Å². The van der Waals surface area contributed by atoms with Crippen LogP contribution in [0.4, 0.5) is 0 Å². The van der Waals surface area contributed by atoms with Crippen LogP contribution < -0.4 is 4.74 Å². The van der Waals surface area contributed by atoms with Gasteiger partial charge in [-0.3, -0.25) is 9.59 Å². The molecule has 0 heterocycles. The van der Waals surface area contributed by atoms with E-state index < -0.39 is 0 Å². The second kappa shape index (κ2) is 4.37. The molecule has 0 aliphatic rings. The van der Waals surface area contributed by atoms with E-state index in [0.717, 1.165) is 5.56 Å². The van der Waals surface area contributed by atoms with Crippen LogP contribution in [0.3, 0.4) is 0 Å². The molecule has 1 aromatic carbocycles. The molecule has 4 heteroatoms. The predicted octanol–water partition coefficient (Wildman–Crippen LogP) is 2.46. The summed E-state index contributed by atoms with van der Waals surface area (Å²) in [7, 11) is 0. The van der Waals surface area contributed by atoms with E-state index in [1.165, 1.54) is 6.92 Å². The minimum Gasteiger partial charge on any atom is -0.427 e. The molecule has 0 saturated carbocycles. The molecule has 0 bridgehead atoms. The van der Waals surface area contributed by atoms with E-state index in [2.05, 4.69) is 15.9 Å². The molecular weight excluding hydrogens is 248 g/mol. The van der Waals surface area contributed by atoms with Crippen LogP contribution in [0.15, 0.2) is 18.2 Å². The second-order valence-corrected chi connectivity index (χ2v) is 3.56. The Hall–Kier alpha value is -1.16. The van der Waals surface area contributed by atoms with E-state index >= 15 is 0 Å². The summed E-state index contributed by atoms with van der Waals surface area (Å²) in [5, 5.41) is 0. The molecule has 1 rings (SSSR count). The highest BCUT2D eigenvalue weighted by Crippen LogP contribution is 2.19. The van der Waals surface area contributed by atoms with Crippen molar-refractivity contribution in [2.24, 2.45) is 0 Å². The number of carbonyl (C=O) groups is 2. The van der Waals surface area contributed by atoms with Crippen LogP contribution in [0.1, 0.15) is 22.8 Å². The highest BCUT2D eigenvalue weighted by Gasteiger charge is 2.07. The Morgan fingerprint density at radius 2 is 2.00 bits per heavy atom. The summed E-state index contributed by atoms with van der Waals surface area (Å²) in [5.74, 6) is 0.0785. The summed E-state index contributed by atoms with van der Waals surface area (Å²) in [5.41, 5.74) is 1.34. The van der Waals surface area contributed by atoms with Gasteiger partial charge in [-0.1, -0.05) is 0 Å². The van der Waals surface area contributed by atoms with Crippen LogP contribution in [0.25, 0.3) is 0 Å². The normalized spacial score (nSPS) is 9.64. The minimum absolute atomic E-state index is 0.177. The zero-order chi connectivity index (χ0) is 10.7. The largest absolute Gasteiger partial charge is 0.427 e. The molecule has 0 aromatic heterocycles. The number of aryl methyl sites for hydroxylation is 1. The molecule has 3 nitrogen and oxygen atoms in total. The first-order chi connectivity index (χ1) is 6.50. The zero-order valence-electron chi connectivity index (χ0n) is 7.83. The second-order valence-electron chi connectivity index (χ2n) is 2.84. The number of esters is 1. The van der Waals surface area contributed by atoms with E-state index in [0.29, 0.717) is 11.3 Å². The Bertz CT molecular complexity index is 385. The van der Waals surface area contributed by atoms with Gasteiger partial charge in [-0.05, 0) is 46.6 Å². The van der Waals surface area contributed by atoms with E-state index in [9.17, 15) is 9.59 Å². The van der Waals surface area contributed by atoms with Gasteiger partial charge in [-0.2, -0.15) is 0 Å². The fourth-order valence-corrected chi connectivity index (χ4v) is 1.53. The molecule has 1 aromatic rings. The van der Waals surface area contributed by atoms with Gasteiger partial charge in [0.25, 0.3) is 0 Å². The number of benzene rings is 1. The first-order valence-corrected chi connectivity index (χ1v) is 4.79. The fourth-order valence-electron chi connectivity index (χ4n) is 1.09. The van der Waals surface area contributed by atoms with Crippen LogP contribution in [0, 0.1) is 6.92 Å². The van der Waals surface area contributed by atoms with Crippen molar-refractivity contribution < 1.29 is 14.3 Å². The molecule has 0 spiro atoms. The monoisotopic (exact) mass is 256 g/mol. The maximum Gasteiger partial charge on any atom is 0.308 e. The third-order valence-electron chi connectivity index (χ3n) is 1.67. The van der Waals surface area contributed by atoms with Gasteiger partial charge in [0.2, 0.25) is 4.69 Å². The maximum absolute atomic E-state index is 11.0. The number of hydrogen-bond acceptors (Lipinski definition) is 3. The number of rotatable bonds is 2. The molecule has 0 saturated heterocycles. The SMILES string of the molecule is CC(=O)Oc1ccc(C(=O)Br)c(C)c1. The number of hydrogen-bond donors (Lipinski definition) is 0. The van der Waals surface area contributed by atoms with Gasteiger partial charge in [0.1, 0.15) is 5.75 Å². The zero-order valence-corrected chi connectivity index (χ0v) is 9.42. The Labute approximate surface area is 90.2 Å². The van der Waals surface area contributed by atoms with E-state index in [-0.39, 0.29) is 10.7 Å². The lowest BCUT2D eigenvalue weighted by atomic mass is 10.1. The molecule has 0 aliphatic carbocycles. The summed E-state index contributed by atoms with van der Waals surface area (Å²) >= 11 is 2.86. The molecule has 74 valence electrons. The Balaban J connectivity index is 3.00. The summed E-state index contributed by atoms with van der Waals surface area (Å²) in [6.45, 7) is 3.11. The lowest BCUT2D eigenvalue weighted by Gasteiger charge is -2.04. The lowest BCUT2D eigenvalue weighted by molar-refractivity contribution is -0.131. The van der Waals surface area contributed by atoms with Crippen LogP contribution in [-0.2, 0) is 4.79 Å². The minimum atomic E-state index is -0.373. The molecule has 0 unspecified atom stereocenters. The number of halogens is 1. The Kier molecular flexibility index (Phi) is 3.41. The van der Waals surface area contributed by atoms with E-state index in [4.69, 9.17) is 4.74 Å². The van der Waals surface area contributed by atoms with Crippen molar-refractivity contribution in [3.63, 3.8) is 0 Å². The highest BCUT2D eigenvalue weighted by molar-refractivity contribution is 9.18. The summed E-state index contributed by atoms with van der Waals surface area (Å²) in [4.78, 5) is 21.7. The third-order valence-corrected chi connectivity index (χ3v) is 2.10. The van der Waals surface area contributed by atoms with Crippen LogP contribution in [0.5, 0.6) is 5.75 Å². The molecular formula is C10H9BrO3. The lowest BCUT2D eigenvalue weighted by Crippen LogP contribution is -2.02. The van der Waals surface area contributed by atoms with Crippen LogP contribution in [0.2, 0.25) is 0 Å². The summed E-state index contributed by atoms with van der Waals surface area (Å²) in [6, 6.07) is 4.85. The quantitative estimate of drug-likeness (QED) is 0.464. The predicted molar refractivity (Wildman–Crippen MR) is 55.7 cm³/mol. The third kappa shape index (κ3) is 2.67. The summed E-state index contributed by atoms with van der Waals surface area (Å²) < 4.78 is 4.69. The van der Waals surface area contributed by atoms with Crippen molar-refractivity contribution in [1.82, 2.24) is 0 Å². The highest BCUT2D eigenvalue weighted by atomic mass is 79.9. The standard InChI is InChI=1S/C10H9BrO3/c1-6-5-8(14-7(2)12)3-4-9(6)10(11)13/h3-5H,1-2H3. The van der Waals surface area contributed by atoms with Crippen molar-refractivity contribution in [2.75, 3.05) is 0 Å². The number of ether oxygens (including phenoxy) is 1. The number of carbonyl (C=O) groups excluding carboxylic acids is 2. The topological polar surface area (TPSA) is 43.4 Å². The van der Waals surface area contributed by atoms with E-state index in [1.54, 1.807) is 25.1 Å². The maximum atomic E-state index is 11.0. The van der Waals surface area contributed by atoms with Gasteiger partial charge in [0.05, 0.1) is 0 Å². The average molecular weight is 257 g/mol. The van der Waals surface area contributed by atoms with Crippen molar-refractivity contribution in [2.45, 2.75) is 13.8 Å². The van der Waals surface area contributed by atoms with E-state index in [1.807, 2.05) is 0 Å².